The van der Waals surface area contributed by atoms with Gasteiger partial charge in [-0.05, 0) is 17.7 Å². The van der Waals surface area contributed by atoms with Gasteiger partial charge in [-0.15, -0.1) is 0 Å². The van der Waals surface area contributed by atoms with Gasteiger partial charge in [0.2, 0.25) is 0 Å². The molecule has 0 heterocycles. The zero-order valence-electron chi connectivity index (χ0n) is 11.4. The van der Waals surface area contributed by atoms with Crippen molar-refractivity contribution in [3.05, 3.63) is 29.8 Å². The Morgan fingerprint density at radius 2 is 1.89 bits per heavy atom. The van der Waals surface area contributed by atoms with E-state index in [0.29, 0.717) is 26.3 Å². The second kappa shape index (κ2) is 8.48. The Balaban J connectivity index is 2.85. The van der Waals surface area contributed by atoms with Crippen molar-refractivity contribution in [2.45, 2.75) is 6.04 Å². The number of aromatic hydroxyl groups is 1. The molecule has 0 aliphatic carbocycles. The van der Waals surface area contributed by atoms with E-state index in [9.17, 15) is 10.4 Å². The van der Waals surface area contributed by atoms with Crippen molar-refractivity contribution in [3.63, 3.8) is 0 Å². The molecule has 0 spiro atoms. The summed E-state index contributed by atoms with van der Waals surface area (Å²) in [6, 6.07) is 8.62. The second-order valence-electron chi connectivity index (χ2n) is 4.15. The topological polar surface area (TPSA) is 65.7 Å². The lowest BCUT2D eigenvalue weighted by Gasteiger charge is -2.26. The van der Waals surface area contributed by atoms with E-state index in [4.69, 9.17) is 9.47 Å². The zero-order chi connectivity index (χ0) is 14.1. The van der Waals surface area contributed by atoms with Gasteiger partial charge < -0.3 is 14.6 Å². The van der Waals surface area contributed by atoms with Crippen molar-refractivity contribution in [2.24, 2.45) is 0 Å². The van der Waals surface area contributed by atoms with Crippen LogP contribution in [0.4, 0.5) is 0 Å². The number of rotatable bonds is 8. The summed E-state index contributed by atoms with van der Waals surface area (Å²) >= 11 is 0. The third-order valence-corrected chi connectivity index (χ3v) is 2.84. The lowest BCUT2D eigenvalue weighted by atomic mass is 10.1. The molecule has 0 aliphatic heterocycles. The summed E-state index contributed by atoms with van der Waals surface area (Å²) in [6.45, 7) is 2.35. The molecule has 0 bridgehead atoms. The van der Waals surface area contributed by atoms with E-state index < -0.39 is 6.04 Å². The van der Waals surface area contributed by atoms with Gasteiger partial charge in [-0.3, -0.25) is 4.90 Å². The van der Waals surface area contributed by atoms with Gasteiger partial charge >= 0.3 is 0 Å². The second-order valence-corrected chi connectivity index (χ2v) is 4.15. The average Bonchev–Trinajstić information content (AvgIpc) is 2.42. The Labute approximate surface area is 114 Å². The Morgan fingerprint density at radius 3 is 2.37 bits per heavy atom. The Bertz CT molecular complexity index is 409. The van der Waals surface area contributed by atoms with Crippen LogP contribution >= 0.6 is 0 Å². The lowest BCUT2D eigenvalue weighted by Crippen LogP contribution is -2.34. The third-order valence-electron chi connectivity index (χ3n) is 2.84. The van der Waals surface area contributed by atoms with Crippen LogP contribution in [-0.2, 0) is 9.47 Å². The molecule has 1 rings (SSSR count). The van der Waals surface area contributed by atoms with Gasteiger partial charge in [-0.2, -0.15) is 5.26 Å². The largest absolute Gasteiger partial charge is 0.508 e. The van der Waals surface area contributed by atoms with Gasteiger partial charge in [0.25, 0.3) is 0 Å². The first-order valence-corrected chi connectivity index (χ1v) is 6.13. The molecule has 1 atom stereocenters. The van der Waals surface area contributed by atoms with Crippen molar-refractivity contribution < 1.29 is 14.6 Å². The number of methoxy groups -OCH3 is 2. The van der Waals surface area contributed by atoms with Crippen LogP contribution in [0.3, 0.4) is 0 Å². The van der Waals surface area contributed by atoms with E-state index in [0.717, 1.165) is 5.56 Å². The molecule has 0 radical (unpaired) electrons. The van der Waals surface area contributed by atoms with E-state index >= 15 is 0 Å². The number of phenols is 1. The predicted molar refractivity (Wildman–Crippen MR) is 71.8 cm³/mol. The summed E-state index contributed by atoms with van der Waals surface area (Å²) in [4.78, 5) is 1.97. The SMILES string of the molecule is COCCN(CCOC)C(C#N)c1cccc(O)c1. The molecule has 1 unspecified atom stereocenters. The molecule has 1 aromatic rings. The lowest BCUT2D eigenvalue weighted by molar-refractivity contribution is 0.101. The number of hydrogen-bond donors (Lipinski definition) is 1. The number of nitriles is 1. The maximum Gasteiger partial charge on any atom is 0.124 e. The van der Waals surface area contributed by atoms with Gasteiger partial charge in [0.05, 0.1) is 19.3 Å². The summed E-state index contributed by atoms with van der Waals surface area (Å²) < 4.78 is 10.1. The van der Waals surface area contributed by atoms with Crippen LogP contribution in [0.5, 0.6) is 5.75 Å². The quantitative estimate of drug-likeness (QED) is 0.771. The van der Waals surface area contributed by atoms with E-state index in [1.807, 2.05) is 11.0 Å². The number of nitrogens with zero attached hydrogens (tertiary/aromatic N) is 2. The highest BCUT2D eigenvalue weighted by Crippen LogP contribution is 2.23. The van der Waals surface area contributed by atoms with Gasteiger partial charge in [-0.1, -0.05) is 12.1 Å². The van der Waals surface area contributed by atoms with E-state index in [1.165, 1.54) is 0 Å². The molecule has 0 aliphatic rings. The maximum absolute atomic E-state index is 9.51. The minimum atomic E-state index is -0.419. The van der Waals surface area contributed by atoms with Crippen LogP contribution in [0.25, 0.3) is 0 Å². The summed E-state index contributed by atoms with van der Waals surface area (Å²) in [7, 11) is 3.26. The molecule has 0 fully saturated rings. The van der Waals surface area contributed by atoms with Crippen LogP contribution in [0.15, 0.2) is 24.3 Å². The molecular weight excluding hydrogens is 244 g/mol. The molecule has 0 aromatic heterocycles. The molecule has 1 N–H and O–H groups in total. The molecule has 0 saturated carbocycles. The first-order valence-electron chi connectivity index (χ1n) is 6.13. The summed E-state index contributed by atoms with van der Waals surface area (Å²) in [5.74, 6) is 0.163. The predicted octanol–water partition coefficient (Wildman–Crippen LogP) is 1.55. The summed E-state index contributed by atoms with van der Waals surface area (Å²) in [5.41, 5.74) is 0.773. The number of benzene rings is 1. The maximum atomic E-state index is 9.51. The number of ether oxygens (including phenoxy) is 2. The Morgan fingerprint density at radius 1 is 1.26 bits per heavy atom. The fourth-order valence-corrected chi connectivity index (χ4v) is 1.85. The van der Waals surface area contributed by atoms with Crippen LogP contribution in [-0.4, -0.2) is 50.5 Å². The summed E-state index contributed by atoms with van der Waals surface area (Å²) in [6.07, 6.45) is 0. The Hall–Kier alpha value is -1.61. The highest BCUT2D eigenvalue weighted by molar-refractivity contribution is 5.32. The third kappa shape index (κ3) is 4.87. The van der Waals surface area contributed by atoms with Crippen molar-refractivity contribution in [3.8, 4) is 11.8 Å². The molecule has 5 nitrogen and oxygen atoms in total. The van der Waals surface area contributed by atoms with Gasteiger partial charge in [0, 0.05) is 27.3 Å². The zero-order valence-corrected chi connectivity index (χ0v) is 11.4. The van der Waals surface area contributed by atoms with Crippen LogP contribution in [0.2, 0.25) is 0 Å². The minimum absolute atomic E-state index is 0.163. The highest BCUT2D eigenvalue weighted by Gasteiger charge is 2.19. The summed E-state index contributed by atoms with van der Waals surface area (Å²) in [5, 5.41) is 18.9. The normalized spacial score (nSPS) is 12.3. The van der Waals surface area contributed by atoms with E-state index in [1.54, 1.807) is 32.4 Å². The minimum Gasteiger partial charge on any atom is -0.508 e. The first-order chi connectivity index (χ1) is 9.22. The molecule has 0 saturated heterocycles. The fraction of sp³-hybridized carbons (Fsp3) is 0.500. The van der Waals surface area contributed by atoms with Crippen LogP contribution in [0, 0.1) is 11.3 Å². The van der Waals surface area contributed by atoms with Crippen molar-refractivity contribution in [2.75, 3.05) is 40.5 Å². The van der Waals surface area contributed by atoms with Crippen molar-refractivity contribution >= 4 is 0 Å². The molecule has 104 valence electrons. The van der Waals surface area contributed by atoms with Gasteiger partial charge in [0.15, 0.2) is 0 Å². The first kappa shape index (κ1) is 15.4. The molecule has 5 heteroatoms. The van der Waals surface area contributed by atoms with Crippen LogP contribution in [0.1, 0.15) is 11.6 Å². The highest BCUT2D eigenvalue weighted by atomic mass is 16.5. The van der Waals surface area contributed by atoms with Crippen molar-refractivity contribution in [1.29, 1.82) is 5.26 Å². The fourth-order valence-electron chi connectivity index (χ4n) is 1.85. The van der Waals surface area contributed by atoms with E-state index in [-0.39, 0.29) is 5.75 Å². The van der Waals surface area contributed by atoms with E-state index in [2.05, 4.69) is 6.07 Å². The number of hydrogen-bond acceptors (Lipinski definition) is 5. The van der Waals surface area contributed by atoms with Gasteiger partial charge in [0.1, 0.15) is 11.8 Å². The van der Waals surface area contributed by atoms with Crippen molar-refractivity contribution in [1.82, 2.24) is 4.90 Å². The monoisotopic (exact) mass is 264 g/mol. The molecule has 19 heavy (non-hydrogen) atoms. The molecule has 0 amide bonds. The standard InChI is InChI=1S/C14H20N2O3/c1-18-8-6-16(7-9-19-2)14(11-15)12-4-3-5-13(17)10-12/h3-5,10,14,17H,6-9H2,1-2H3. The average molecular weight is 264 g/mol. The van der Waals surface area contributed by atoms with Gasteiger partial charge in [-0.25, -0.2) is 0 Å². The number of phenolic OH excluding ortho intramolecular Hbond substituents is 1. The van der Waals surface area contributed by atoms with Crippen LogP contribution < -0.4 is 0 Å². The molecular formula is C14H20N2O3. The smallest absolute Gasteiger partial charge is 0.124 e. The molecule has 1 aromatic carbocycles. The Kier molecular flexibility index (Phi) is 6.90.